The van der Waals surface area contributed by atoms with Crippen LogP contribution in [-0.4, -0.2) is 13.2 Å². The summed E-state index contributed by atoms with van der Waals surface area (Å²) in [5, 5.41) is 2.99. The van der Waals surface area contributed by atoms with Gasteiger partial charge in [-0.25, -0.2) is 8.78 Å². The highest BCUT2D eigenvalue weighted by Crippen LogP contribution is 2.33. The second-order valence-electron chi connectivity index (χ2n) is 4.88. The lowest BCUT2D eigenvalue weighted by molar-refractivity contribution is 0.270. The molecule has 2 aromatic rings. The van der Waals surface area contributed by atoms with Gasteiger partial charge in [0.05, 0.1) is 12.3 Å². The molecule has 0 amide bonds. The van der Waals surface area contributed by atoms with Crippen molar-refractivity contribution in [2.75, 3.05) is 18.5 Å². The number of hydrogen-bond donors (Lipinski definition) is 1. The highest BCUT2D eigenvalue weighted by Gasteiger charge is 2.21. The van der Waals surface area contributed by atoms with Gasteiger partial charge >= 0.3 is 0 Å². The molecule has 0 saturated carbocycles. The Morgan fingerprint density at radius 3 is 2.90 bits per heavy atom. The van der Waals surface area contributed by atoms with Crippen LogP contribution < -0.4 is 10.1 Å². The third kappa shape index (κ3) is 2.59. The zero-order valence-corrected chi connectivity index (χ0v) is 10.9. The number of rotatable bonds is 3. The second kappa shape index (κ2) is 5.49. The molecule has 4 heteroatoms. The highest BCUT2D eigenvalue weighted by molar-refractivity contribution is 5.46. The topological polar surface area (TPSA) is 21.3 Å². The fourth-order valence-electron chi connectivity index (χ4n) is 2.49. The molecule has 3 rings (SSSR count). The Bertz CT molecular complexity index is 615. The largest absolute Gasteiger partial charge is 0.493 e. The van der Waals surface area contributed by atoms with Crippen molar-refractivity contribution in [3.8, 4) is 5.75 Å². The van der Waals surface area contributed by atoms with Gasteiger partial charge in [-0.05, 0) is 36.2 Å². The average Bonchev–Trinajstić information content (AvgIpc) is 2.48. The third-order valence-electron chi connectivity index (χ3n) is 3.55. The molecule has 0 bridgehead atoms. The van der Waals surface area contributed by atoms with Crippen LogP contribution >= 0.6 is 0 Å². The van der Waals surface area contributed by atoms with Crippen LogP contribution in [0.3, 0.4) is 0 Å². The van der Waals surface area contributed by atoms with E-state index in [4.69, 9.17) is 4.74 Å². The van der Waals surface area contributed by atoms with Crippen molar-refractivity contribution >= 4 is 5.69 Å². The molecule has 104 valence electrons. The number of fused-ring (bicyclic) bond motifs is 1. The Morgan fingerprint density at radius 2 is 2.00 bits per heavy atom. The maximum atomic E-state index is 13.6. The monoisotopic (exact) mass is 275 g/mol. The molecule has 2 nitrogen and oxygen atoms in total. The Balaban J connectivity index is 1.75. The summed E-state index contributed by atoms with van der Waals surface area (Å²) in [5.74, 6) is 0.237. The van der Waals surface area contributed by atoms with Crippen LogP contribution in [0, 0.1) is 11.6 Å². The van der Waals surface area contributed by atoms with Crippen molar-refractivity contribution in [3.05, 3.63) is 59.7 Å². The van der Waals surface area contributed by atoms with E-state index in [1.807, 2.05) is 24.3 Å². The van der Waals surface area contributed by atoms with Crippen LogP contribution in [0.5, 0.6) is 5.75 Å². The molecule has 0 spiro atoms. The van der Waals surface area contributed by atoms with Crippen molar-refractivity contribution in [3.63, 3.8) is 0 Å². The summed E-state index contributed by atoms with van der Waals surface area (Å²) in [6, 6.07) is 11.3. The molecule has 2 aromatic carbocycles. The molecule has 0 radical (unpaired) electrons. The standard InChI is InChI=1S/C16H15F2NO/c17-12-5-6-14(18)15(9-12)19-10-11-7-8-20-16-4-2-1-3-13(11)16/h1-6,9,11,19H,7-8,10H2. The van der Waals surface area contributed by atoms with Crippen LogP contribution in [0.4, 0.5) is 14.5 Å². The van der Waals surface area contributed by atoms with Crippen molar-refractivity contribution < 1.29 is 13.5 Å². The summed E-state index contributed by atoms with van der Waals surface area (Å²) in [6.45, 7) is 1.20. The van der Waals surface area contributed by atoms with Crippen molar-refractivity contribution in [2.24, 2.45) is 0 Å². The maximum absolute atomic E-state index is 13.6. The number of halogens is 2. The number of hydrogen-bond acceptors (Lipinski definition) is 2. The summed E-state index contributed by atoms with van der Waals surface area (Å²) in [5.41, 5.74) is 1.32. The number of para-hydroxylation sites is 1. The molecular weight excluding hydrogens is 260 g/mol. The summed E-state index contributed by atoms with van der Waals surface area (Å²) >= 11 is 0. The van der Waals surface area contributed by atoms with Gasteiger partial charge in [-0.15, -0.1) is 0 Å². The highest BCUT2D eigenvalue weighted by atomic mass is 19.1. The molecule has 0 aliphatic carbocycles. The molecule has 1 N–H and O–H groups in total. The van der Waals surface area contributed by atoms with E-state index in [0.29, 0.717) is 13.2 Å². The number of nitrogens with one attached hydrogen (secondary N) is 1. The first-order valence-corrected chi connectivity index (χ1v) is 6.64. The number of anilines is 1. The van der Waals surface area contributed by atoms with E-state index in [-0.39, 0.29) is 11.6 Å². The van der Waals surface area contributed by atoms with Gasteiger partial charge in [0.25, 0.3) is 0 Å². The normalized spacial score (nSPS) is 17.2. The minimum Gasteiger partial charge on any atom is -0.493 e. The Labute approximate surface area is 116 Å². The number of benzene rings is 2. The lowest BCUT2D eigenvalue weighted by atomic mass is 9.93. The summed E-state index contributed by atoms with van der Waals surface area (Å²) < 4.78 is 32.3. The van der Waals surface area contributed by atoms with Crippen molar-refractivity contribution in [1.82, 2.24) is 0 Å². The summed E-state index contributed by atoms with van der Waals surface area (Å²) in [6.07, 6.45) is 0.862. The molecule has 20 heavy (non-hydrogen) atoms. The van der Waals surface area contributed by atoms with Crippen LogP contribution in [0.25, 0.3) is 0 Å². The van der Waals surface area contributed by atoms with Crippen LogP contribution in [0.15, 0.2) is 42.5 Å². The SMILES string of the molecule is Fc1ccc(F)c(NCC2CCOc3ccccc32)c1. The van der Waals surface area contributed by atoms with E-state index in [9.17, 15) is 8.78 Å². The van der Waals surface area contributed by atoms with Crippen LogP contribution in [0.2, 0.25) is 0 Å². The van der Waals surface area contributed by atoms with Gasteiger partial charge in [-0.3, -0.25) is 0 Å². The average molecular weight is 275 g/mol. The first-order valence-electron chi connectivity index (χ1n) is 6.64. The molecule has 0 saturated heterocycles. The first-order chi connectivity index (χ1) is 9.74. The minimum absolute atomic E-state index is 0.203. The molecule has 1 atom stereocenters. The minimum atomic E-state index is -0.443. The first kappa shape index (κ1) is 12.9. The molecule has 1 unspecified atom stereocenters. The Hall–Kier alpha value is -2.10. The van der Waals surface area contributed by atoms with E-state index in [0.717, 1.165) is 29.9 Å². The molecule has 1 aliphatic heterocycles. The van der Waals surface area contributed by atoms with Gasteiger partial charge in [-0.1, -0.05) is 18.2 Å². The van der Waals surface area contributed by atoms with Gasteiger partial charge < -0.3 is 10.1 Å². The van der Waals surface area contributed by atoms with Crippen LogP contribution in [0.1, 0.15) is 17.9 Å². The molecule has 1 heterocycles. The van der Waals surface area contributed by atoms with Gasteiger partial charge in [0.15, 0.2) is 0 Å². The quantitative estimate of drug-likeness (QED) is 0.916. The predicted octanol–water partition coefficient (Wildman–Crippen LogP) is 3.94. The smallest absolute Gasteiger partial charge is 0.146 e. The van der Waals surface area contributed by atoms with Gasteiger partial charge in [0.2, 0.25) is 0 Å². The summed E-state index contributed by atoms with van der Waals surface area (Å²) in [4.78, 5) is 0. The van der Waals surface area contributed by atoms with Crippen molar-refractivity contribution in [2.45, 2.75) is 12.3 Å². The van der Waals surface area contributed by atoms with E-state index in [1.165, 1.54) is 6.07 Å². The predicted molar refractivity (Wildman–Crippen MR) is 74.1 cm³/mol. The van der Waals surface area contributed by atoms with E-state index in [2.05, 4.69) is 5.32 Å². The van der Waals surface area contributed by atoms with Crippen LogP contribution in [-0.2, 0) is 0 Å². The van der Waals surface area contributed by atoms with Gasteiger partial charge in [0, 0.05) is 12.5 Å². The fourth-order valence-corrected chi connectivity index (χ4v) is 2.49. The van der Waals surface area contributed by atoms with E-state index >= 15 is 0 Å². The van der Waals surface area contributed by atoms with Gasteiger partial charge in [0.1, 0.15) is 17.4 Å². The number of ether oxygens (including phenoxy) is 1. The molecule has 0 fully saturated rings. The Morgan fingerprint density at radius 1 is 1.15 bits per heavy atom. The lowest BCUT2D eigenvalue weighted by Gasteiger charge is -2.26. The van der Waals surface area contributed by atoms with Crippen molar-refractivity contribution in [1.29, 1.82) is 0 Å². The van der Waals surface area contributed by atoms with Gasteiger partial charge in [-0.2, -0.15) is 0 Å². The molecule has 0 aromatic heterocycles. The fraction of sp³-hybridized carbons (Fsp3) is 0.250. The third-order valence-corrected chi connectivity index (χ3v) is 3.55. The lowest BCUT2D eigenvalue weighted by Crippen LogP contribution is -2.21. The zero-order valence-electron chi connectivity index (χ0n) is 10.9. The van der Waals surface area contributed by atoms with E-state index < -0.39 is 11.6 Å². The maximum Gasteiger partial charge on any atom is 0.146 e. The second-order valence-corrected chi connectivity index (χ2v) is 4.88. The van der Waals surface area contributed by atoms with E-state index in [1.54, 1.807) is 0 Å². The summed E-state index contributed by atoms with van der Waals surface area (Å²) in [7, 11) is 0. The zero-order chi connectivity index (χ0) is 13.9. The molecular formula is C16H15F2NO. The Kier molecular flexibility index (Phi) is 3.54. The molecule has 1 aliphatic rings.